The highest BCUT2D eigenvalue weighted by Gasteiger charge is 2.21. The summed E-state index contributed by atoms with van der Waals surface area (Å²) in [4.78, 5) is 18.4. The number of urea groups is 1. The van der Waals surface area contributed by atoms with Crippen LogP contribution in [0.15, 0.2) is 36.7 Å². The first-order valence-electron chi connectivity index (χ1n) is 8.85. The summed E-state index contributed by atoms with van der Waals surface area (Å²) < 4.78 is 2.10. The Bertz CT molecular complexity index is 705. The summed E-state index contributed by atoms with van der Waals surface area (Å²) in [7, 11) is 0. The van der Waals surface area contributed by atoms with Crippen molar-refractivity contribution in [3.63, 3.8) is 0 Å². The zero-order valence-corrected chi connectivity index (χ0v) is 14.7. The minimum atomic E-state index is -0.0211. The SMILES string of the molecule is Cc1nccn1Cc1cccc(CNC(=O)N2CCC(CO)CC2)c1. The lowest BCUT2D eigenvalue weighted by molar-refractivity contribution is 0.137. The molecule has 1 aromatic carbocycles. The number of hydrogen-bond donors (Lipinski definition) is 2. The molecule has 0 atom stereocenters. The summed E-state index contributed by atoms with van der Waals surface area (Å²) in [6.45, 7) is 4.95. The molecule has 2 heterocycles. The Balaban J connectivity index is 1.52. The number of nitrogens with one attached hydrogen (secondary N) is 1. The van der Waals surface area contributed by atoms with Crippen LogP contribution in [0.3, 0.4) is 0 Å². The maximum atomic E-state index is 12.3. The molecular weight excluding hydrogens is 316 g/mol. The first-order chi connectivity index (χ1) is 12.2. The number of aliphatic hydroxyl groups is 1. The maximum Gasteiger partial charge on any atom is 0.317 e. The molecule has 134 valence electrons. The van der Waals surface area contributed by atoms with Crippen LogP contribution in [0.2, 0.25) is 0 Å². The van der Waals surface area contributed by atoms with E-state index in [2.05, 4.69) is 27.0 Å². The number of piperidine rings is 1. The zero-order chi connectivity index (χ0) is 17.6. The highest BCUT2D eigenvalue weighted by molar-refractivity contribution is 5.74. The highest BCUT2D eigenvalue weighted by atomic mass is 16.3. The number of likely N-dealkylation sites (tertiary alicyclic amines) is 1. The number of amides is 2. The highest BCUT2D eigenvalue weighted by Crippen LogP contribution is 2.16. The van der Waals surface area contributed by atoms with Gasteiger partial charge in [0.1, 0.15) is 5.82 Å². The first kappa shape index (κ1) is 17.5. The largest absolute Gasteiger partial charge is 0.396 e. The third-order valence-corrected chi connectivity index (χ3v) is 4.87. The van der Waals surface area contributed by atoms with Crippen LogP contribution in [-0.4, -0.2) is 45.3 Å². The van der Waals surface area contributed by atoms with Crippen LogP contribution in [-0.2, 0) is 13.1 Å². The van der Waals surface area contributed by atoms with Gasteiger partial charge in [-0.2, -0.15) is 0 Å². The monoisotopic (exact) mass is 342 g/mol. The van der Waals surface area contributed by atoms with E-state index in [4.69, 9.17) is 0 Å². The molecule has 0 bridgehead atoms. The van der Waals surface area contributed by atoms with Gasteiger partial charge in [-0.3, -0.25) is 0 Å². The first-order valence-corrected chi connectivity index (χ1v) is 8.85. The number of aliphatic hydroxyl groups excluding tert-OH is 1. The van der Waals surface area contributed by atoms with Gasteiger partial charge in [-0.15, -0.1) is 0 Å². The Morgan fingerprint density at radius 3 is 2.76 bits per heavy atom. The Morgan fingerprint density at radius 2 is 2.08 bits per heavy atom. The van der Waals surface area contributed by atoms with Crippen molar-refractivity contribution in [3.8, 4) is 0 Å². The van der Waals surface area contributed by atoms with E-state index in [-0.39, 0.29) is 12.6 Å². The molecule has 1 saturated heterocycles. The number of carbonyl (C=O) groups is 1. The molecule has 0 unspecified atom stereocenters. The number of imidazole rings is 1. The molecule has 1 fully saturated rings. The quantitative estimate of drug-likeness (QED) is 0.875. The van der Waals surface area contributed by atoms with E-state index >= 15 is 0 Å². The molecular formula is C19H26N4O2. The number of benzene rings is 1. The van der Waals surface area contributed by atoms with Gasteiger partial charge < -0.3 is 19.9 Å². The van der Waals surface area contributed by atoms with Gasteiger partial charge in [0.15, 0.2) is 0 Å². The molecule has 2 aromatic rings. The van der Waals surface area contributed by atoms with Crippen LogP contribution in [0, 0.1) is 12.8 Å². The van der Waals surface area contributed by atoms with Crippen molar-refractivity contribution >= 4 is 6.03 Å². The Hall–Kier alpha value is -2.34. The lowest BCUT2D eigenvalue weighted by Crippen LogP contribution is -2.44. The van der Waals surface area contributed by atoms with Gasteiger partial charge >= 0.3 is 6.03 Å². The number of hydrogen-bond acceptors (Lipinski definition) is 3. The van der Waals surface area contributed by atoms with Crippen LogP contribution >= 0.6 is 0 Å². The summed E-state index contributed by atoms with van der Waals surface area (Å²) in [5, 5.41) is 12.2. The van der Waals surface area contributed by atoms with Gasteiger partial charge in [0, 0.05) is 45.2 Å². The van der Waals surface area contributed by atoms with Gasteiger partial charge in [0.05, 0.1) is 0 Å². The van der Waals surface area contributed by atoms with E-state index in [9.17, 15) is 9.90 Å². The van der Waals surface area contributed by atoms with E-state index in [0.29, 0.717) is 12.5 Å². The summed E-state index contributed by atoms with van der Waals surface area (Å²) in [6, 6.07) is 8.24. The van der Waals surface area contributed by atoms with Crippen molar-refractivity contribution in [1.29, 1.82) is 0 Å². The van der Waals surface area contributed by atoms with Crippen molar-refractivity contribution in [2.45, 2.75) is 32.9 Å². The predicted octanol–water partition coefficient (Wildman–Crippen LogP) is 2.15. The normalized spacial score (nSPS) is 15.4. The Kier molecular flexibility index (Phi) is 5.71. The molecule has 2 amide bonds. The average molecular weight is 342 g/mol. The second kappa shape index (κ2) is 8.16. The van der Waals surface area contributed by atoms with Gasteiger partial charge in [-0.25, -0.2) is 9.78 Å². The minimum absolute atomic E-state index is 0.0211. The summed E-state index contributed by atoms with van der Waals surface area (Å²) in [5.41, 5.74) is 2.28. The molecule has 1 aliphatic rings. The molecule has 6 nitrogen and oxygen atoms in total. The fourth-order valence-corrected chi connectivity index (χ4v) is 3.21. The lowest BCUT2D eigenvalue weighted by Gasteiger charge is -2.31. The Labute approximate surface area is 148 Å². The second-order valence-corrected chi connectivity index (χ2v) is 6.69. The van der Waals surface area contributed by atoms with Crippen LogP contribution in [0.1, 0.15) is 29.8 Å². The molecule has 0 radical (unpaired) electrons. The summed E-state index contributed by atoms with van der Waals surface area (Å²) in [5.74, 6) is 1.33. The number of carbonyl (C=O) groups excluding carboxylic acids is 1. The van der Waals surface area contributed by atoms with E-state index in [1.165, 1.54) is 5.56 Å². The van der Waals surface area contributed by atoms with E-state index < -0.39 is 0 Å². The van der Waals surface area contributed by atoms with Gasteiger partial charge in [0.25, 0.3) is 0 Å². The fourth-order valence-electron chi connectivity index (χ4n) is 3.21. The standard InChI is InChI=1S/C19H26N4O2/c1-15-20-7-10-23(15)13-18-4-2-3-17(11-18)12-21-19(25)22-8-5-16(14-24)6-9-22/h2-4,7,10-11,16,24H,5-6,8-9,12-14H2,1H3,(H,21,25). The van der Waals surface area contributed by atoms with Crippen molar-refractivity contribution < 1.29 is 9.90 Å². The van der Waals surface area contributed by atoms with Crippen LogP contribution in [0.4, 0.5) is 4.79 Å². The molecule has 3 rings (SSSR count). The van der Waals surface area contributed by atoms with Crippen molar-refractivity contribution in [2.75, 3.05) is 19.7 Å². The molecule has 6 heteroatoms. The third kappa shape index (κ3) is 4.60. The smallest absolute Gasteiger partial charge is 0.317 e. The third-order valence-electron chi connectivity index (χ3n) is 4.87. The van der Waals surface area contributed by atoms with Crippen molar-refractivity contribution in [1.82, 2.24) is 19.8 Å². The molecule has 25 heavy (non-hydrogen) atoms. The number of rotatable bonds is 5. The Morgan fingerprint density at radius 1 is 1.32 bits per heavy atom. The van der Waals surface area contributed by atoms with Gasteiger partial charge in [-0.05, 0) is 36.8 Å². The fraction of sp³-hybridized carbons (Fsp3) is 0.474. The number of aryl methyl sites for hydroxylation is 1. The van der Waals surface area contributed by atoms with Gasteiger partial charge in [-0.1, -0.05) is 24.3 Å². The molecule has 0 aliphatic carbocycles. The molecule has 1 aromatic heterocycles. The molecule has 1 aliphatic heterocycles. The topological polar surface area (TPSA) is 70.4 Å². The van der Waals surface area contributed by atoms with E-state index in [0.717, 1.165) is 43.9 Å². The molecule has 2 N–H and O–H groups in total. The maximum absolute atomic E-state index is 12.3. The number of aromatic nitrogens is 2. The zero-order valence-electron chi connectivity index (χ0n) is 14.7. The van der Waals surface area contributed by atoms with Crippen LogP contribution in [0.25, 0.3) is 0 Å². The van der Waals surface area contributed by atoms with Crippen LogP contribution in [0.5, 0.6) is 0 Å². The molecule has 0 spiro atoms. The van der Waals surface area contributed by atoms with E-state index in [1.54, 1.807) is 6.20 Å². The average Bonchev–Trinajstić information content (AvgIpc) is 3.05. The minimum Gasteiger partial charge on any atom is -0.396 e. The van der Waals surface area contributed by atoms with Gasteiger partial charge in [0.2, 0.25) is 0 Å². The van der Waals surface area contributed by atoms with Crippen molar-refractivity contribution in [3.05, 3.63) is 53.6 Å². The summed E-state index contributed by atoms with van der Waals surface area (Å²) in [6.07, 6.45) is 5.53. The molecule has 0 saturated carbocycles. The lowest BCUT2D eigenvalue weighted by atomic mass is 9.98. The predicted molar refractivity (Wildman–Crippen MR) is 96.1 cm³/mol. The second-order valence-electron chi connectivity index (χ2n) is 6.69. The number of nitrogens with zero attached hydrogens (tertiary/aromatic N) is 3. The van der Waals surface area contributed by atoms with Crippen molar-refractivity contribution in [2.24, 2.45) is 5.92 Å². The van der Waals surface area contributed by atoms with E-state index in [1.807, 2.05) is 30.2 Å². The summed E-state index contributed by atoms with van der Waals surface area (Å²) >= 11 is 0. The van der Waals surface area contributed by atoms with Crippen LogP contribution < -0.4 is 5.32 Å².